The Labute approximate surface area is 118 Å². The van der Waals surface area contributed by atoms with Crippen LogP contribution < -0.4 is 10.1 Å². The molecule has 1 atom stereocenters. The first-order chi connectivity index (χ1) is 9.06. The van der Waals surface area contributed by atoms with Gasteiger partial charge in [-0.05, 0) is 43.5 Å². The molecular weight excluding hydrogens is 266 g/mol. The zero-order valence-corrected chi connectivity index (χ0v) is 12.0. The van der Waals surface area contributed by atoms with Gasteiger partial charge in [0.15, 0.2) is 6.61 Å². The Balaban J connectivity index is 2.43. The largest absolute Gasteiger partial charge is 0.484 e. The van der Waals surface area contributed by atoms with Crippen molar-refractivity contribution < 1.29 is 14.6 Å². The highest BCUT2D eigenvalue weighted by molar-refractivity contribution is 6.31. The molecule has 0 fully saturated rings. The Bertz CT molecular complexity index is 423. The number of hydrogen-bond acceptors (Lipinski definition) is 3. The molecule has 19 heavy (non-hydrogen) atoms. The maximum absolute atomic E-state index is 11.7. The predicted molar refractivity (Wildman–Crippen MR) is 75.6 cm³/mol. The third-order valence-electron chi connectivity index (χ3n) is 2.83. The van der Waals surface area contributed by atoms with Crippen LogP contribution in [0.2, 0.25) is 5.02 Å². The van der Waals surface area contributed by atoms with E-state index in [0.29, 0.717) is 17.2 Å². The maximum atomic E-state index is 11.7. The molecule has 1 amide bonds. The van der Waals surface area contributed by atoms with Gasteiger partial charge < -0.3 is 15.2 Å². The van der Waals surface area contributed by atoms with Crippen LogP contribution in [0, 0.1) is 6.92 Å². The van der Waals surface area contributed by atoms with Gasteiger partial charge in [0, 0.05) is 17.7 Å². The lowest BCUT2D eigenvalue weighted by atomic mass is 10.1. The lowest BCUT2D eigenvalue weighted by molar-refractivity contribution is -0.123. The molecule has 1 aromatic rings. The average molecular weight is 286 g/mol. The lowest BCUT2D eigenvalue weighted by Gasteiger charge is -2.16. The summed E-state index contributed by atoms with van der Waals surface area (Å²) >= 11 is 5.91. The van der Waals surface area contributed by atoms with Gasteiger partial charge >= 0.3 is 0 Å². The number of nitrogens with one attached hydrogen (secondary N) is 1. The van der Waals surface area contributed by atoms with Crippen LogP contribution in [0.3, 0.4) is 0 Å². The van der Waals surface area contributed by atoms with Crippen molar-refractivity contribution in [3.63, 3.8) is 0 Å². The Kier molecular flexibility index (Phi) is 6.67. The van der Waals surface area contributed by atoms with Crippen LogP contribution in [-0.2, 0) is 4.79 Å². The number of aliphatic hydroxyl groups is 1. The van der Waals surface area contributed by atoms with E-state index in [4.69, 9.17) is 21.4 Å². The zero-order valence-electron chi connectivity index (χ0n) is 11.3. The first kappa shape index (κ1) is 15.8. The third kappa shape index (κ3) is 5.49. The topological polar surface area (TPSA) is 58.6 Å². The summed E-state index contributed by atoms with van der Waals surface area (Å²) in [6, 6.07) is 5.26. The molecular formula is C14H20ClNO3. The fourth-order valence-corrected chi connectivity index (χ4v) is 1.78. The third-order valence-corrected chi connectivity index (χ3v) is 3.26. The second-order valence-electron chi connectivity index (χ2n) is 4.38. The number of carbonyl (C=O) groups excluding carboxylic acids is 1. The van der Waals surface area contributed by atoms with E-state index in [1.165, 1.54) is 0 Å². The number of carbonyl (C=O) groups is 1. The molecule has 0 saturated heterocycles. The summed E-state index contributed by atoms with van der Waals surface area (Å²) in [5.74, 6) is 0.431. The quantitative estimate of drug-likeness (QED) is 0.808. The van der Waals surface area contributed by atoms with Crippen LogP contribution in [0.25, 0.3) is 0 Å². The Hall–Kier alpha value is -1.26. The second kappa shape index (κ2) is 8.02. The number of aliphatic hydroxyl groups excluding tert-OH is 1. The van der Waals surface area contributed by atoms with Crippen molar-refractivity contribution in [2.75, 3.05) is 13.2 Å². The molecule has 4 nitrogen and oxygen atoms in total. The molecule has 0 aliphatic carbocycles. The van der Waals surface area contributed by atoms with E-state index in [-0.39, 0.29) is 25.2 Å². The average Bonchev–Trinajstić information content (AvgIpc) is 2.39. The van der Waals surface area contributed by atoms with E-state index in [1.807, 2.05) is 13.8 Å². The molecule has 0 aliphatic heterocycles. The number of amides is 1. The van der Waals surface area contributed by atoms with Crippen molar-refractivity contribution in [2.24, 2.45) is 0 Å². The zero-order chi connectivity index (χ0) is 14.3. The van der Waals surface area contributed by atoms with E-state index in [2.05, 4.69) is 5.32 Å². The van der Waals surface area contributed by atoms with Crippen molar-refractivity contribution in [3.8, 4) is 5.75 Å². The van der Waals surface area contributed by atoms with Crippen molar-refractivity contribution in [1.82, 2.24) is 5.32 Å². The predicted octanol–water partition coefficient (Wildman–Crippen LogP) is 2.30. The molecule has 0 aliphatic rings. The van der Waals surface area contributed by atoms with Crippen LogP contribution in [0.15, 0.2) is 18.2 Å². The van der Waals surface area contributed by atoms with E-state index >= 15 is 0 Å². The fourth-order valence-electron chi connectivity index (χ4n) is 1.66. The minimum Gasteiger partial charge on any atom is -0.484 e. The summed E-state index contributed by atoms with van der Waals surface area (Å²) in [7, 11) is 0. The molecule has 2 N–H and O–H groups in total. The summed E-state index contributed by atoms with van der Waals surface area (Å²) < 4.78 is 5.39. The minimum absolute atomic E-state index is 0.00643. The monoisotopic (exact) mass is 285 g/mol. The van der Waals surface area contributed by atoms with Crippen LogP contribution in [0.1, 0.15) is 25.3 Å². The van der Waals surface area contributed by atoms with Crippen LogP contribution in [-0.4, -0.2) is 30.3 Å². The van der Waals surface area contributed by atoms with Crippen LogP contribution in [0.4, 0.5) is 0 Å². The van der Waals surface area contributed by atoms with Gasteiger partial charge in [0.25, 0.3) is 5.91 Å². The van der Waals surface area contributed by atoms with Crippen molar-refractivity contribution in [2.45, 2.75) is 32.7 Å². The van der Waals surface area contributed by atoms with Crippen molar-refractivity contribution in [3.05, 3.63) is 28.8 Å². The van der Waals surface area contributed by atoms with E-state index in [9.17, 15) is 4.79 Å². The Morgan fingerprint density at radius 3 is 2.84 bits per heavy atom. The first-order valence-electron chi connectivity index (χ1n) is 6.36. The van der Waals surface area contributed by atoms with E-state index in [0.717, 1.165) is 12.0 Å². The summed E-state index contributed by atoms with van der Waals surface area (Å²) in [6.07, 6.45) is 1.34. The number of rotatable bonds is 7. The highest BCUT2D eigenvalue weighted by atomic mass is 35.5. The van der Waals surface area contributed by atoms with Crippen molar-refractivity contribution in [1.29, 1.82) is 0 Å². The summed E-state index contributed by atoms with van der Waals surface area (Å²) in [5, 5.41) is 12.3. The number of benzene rings is 1. The van der Waals surface area contributed by atoms with Gasteiger partial charge in [0.1, 0.15) is 5.75 Å². The molecule has 0 spiro atoms. The van der Waals surface area contributed by atoms with E-state index in [1.54, 1.807) is 18.2 Å². The Morgan fingerprint density at radius 2 is 2.26 bits per heavy atom. The molecule has 1 unspecified atom stereocenters. The van der Waals surface area contributed by atoms with Gasteiger partial charge in [0.05, 0.1) is 0 Å². The van der Waals surface area contributed by atoms with Crippen LogP contribution >= 0.6 is 11.6 Å². The lowest BCUT2D eigenvalue weighted by Crippen LogP contribution is -2.38. The highest BCUT2D eigenvalue weighted by Crippen LogP contribution is 2.20. The van der Waals surface area contributed by atoms with Gasteiger partial charge in [-0.15, -0.1) is 0 Å². The first-order valence-corrected chi connectivity index (χ1v) is 6.73. The van der Waals surface area contributed by atoms with Crippen molar-refractivity contribution >= 4 is 17.5 Å². The molecule has 0 heterocycles. The van der Waals surface area contributed by atoms with Gasteiger partial charge in [-0.2, -0.15) is 0 Å². The van der Waals surface area contributed by atoms with Gasteiger partial charge in [-0.3, -0.25) is 4.79 Å². The standard InChI is InChI=1S/C14H20ClNO3/c1-3-11(6-7-17)16-14(18)9-19-12-4-5-13(15)10(2)8-12/h4-5,8,11,17H,3,6-7,9H2,1-2H3,(H,16,18). The summed E-state index contributed by atoms with van der Waals surface area (Å²) in [6.45, 7) is 3.87. The SMILES string of the molecule is CCC(CCO)NC(=O)COc1ccc(Cl)c(C)c1. The fraction of sp³-hybridized carbons (Fsp3) is 0.500. The van der Waals surface area contributed by atoms with Crippen LogP contribution in [0.5, 0.6) is 5.75 Å². The summed E-state index contributed by atoms with van der Waals surface area (Å²) in [4.78, 5) is 11.7. The maximum Gasteiger partial charge on any atom is 0.258 e. The van der Waals surface area contributed by atoms with E-state index < -0.39 is 0 Å². The molecule has 1 aromatic carbocycles. The number of halogens is 1. The molecule has 0 saturated carbocycles. The van der Waals surface area contributed by atoms with Gasteiger partial charge in [-0.25, -0.2) is 0 Å². The molecule has 1 rings (SSSR count). The number of hydrogen-bond donors (Lipinski definition) is 2. The molecule has 0 radical (unpaired) electrons. The Morgan fingerprint density at radius 1 is 1.53 bits per heavy atom. The van der Waals surface area contributed by atoms with Gasteiger partial charge in [0.2, 0.25) is 0 Å². The molecule has 5 heteroatoms. The summed E-state index contributed by atoms with van der Waals surface area (Å²) in [5.41, 5.74) is 0.909. The highest BCUT2D eigenvalue weighted by Gasteiger charge is 2.10. The molecule has 106 valence electrons. The molecule has 0 bridgehead atoms. The second-order valence-corrected chi connectivity index (χ2v) is 4.79. The number of ether oxygens (including phenoxy) is 1. The molecule has 0 aromatic heterocycles. The minimum atomic E-state index is -0.187. The number of aryl methyl sites for hydroxylation is 1. The smallest absolute Gasteiger partial charge is 0.258 e. The van der Waals surface area contributed by atoms with Gasteiger partial charge in [-0.1, -0.05) is 18.5 Å². The normalized spacial score (nSPS) is 12.0.